The number of hydrogen-bond donors (Lipinski definition) is 0. The molecule has 0 aliphatic rings. The van der Waals surface area contributed by atoms with Gasteiger partial charge in [-0.25, -0.2) is 0 Å². The molecule has 0 heterocycles. The van der Waals surface area contributed by atoms with Gasteiger partial charge in [0.15, 0.2) is 0 Å². The van der Waals surface area contributed by atoms with E-state index in [4.69, 9.17) is 32.7 Å². The van der Waals surface area contributed by atoms with Gasteiger partial charge in [0.2, 0.25) is 0 Å². The van der Waals surface area contributed by atoms with Crippen LogP contribution in [0.3, 0.4) is 0 Å². The van der Waals surface area contributed by atoms with E-state index in [1.54, 1.807) is 12.1 Å². The minimum absolute atomic E-state index is 0.0573. The molecule has 0 amide bonds. The van der Waals surface area contributed by atoms with Crippen LogP contribution in [0.4, 0.5) is 0 Å². The first-order chi connectivity index (χ1) is 8.40. The van der Waals surface area contributed by atoms with Gasteiger partial charge in [-0.2, -0.15) is 0 Å². The first-order valence-electron chi connectivity index (χ1n) is 5.13. The molecule has 0 radical (unpaired) electrons. The lowest BCUT2D eigenvalue weighted by Crippen LogP contribution is -2.02. The zero-order chi connectivity index (χ0) is 13.7. The van der Waals surface area contributed by atoms with Crippen molar-refractivity contribution in [1.82, 2.24) is 0 Å². The van der Waals surface area contributed by atoms with Gasteiger partial charge in [0.25, 0.3) is 0 Å². The van der Waals surface area contributed by atoms with Crippen molar-refractivity contribution in [3.05, 3.63) is 33.3 Å². The summed E-state index contributed by atoms with van der Waals surface area (Å²) < 4.78 is 9.67. The highest BCUT2D eigenvalue weighted by molar-refractivity contribution is 6.34. The van der Waals surface area contributed by atoms with Crippen LogP contribution >= 0.6 is 23.2 Å². The first-order valence-corrected chi connectivity index (χ1v) is 5.89. The molecule has 4 nitrogen and oxygen atoms in total. The highest BCUT2D eigenvalue weighted by Crippen LogP contribution is 2.26. The molecule has 18 heavy (non-hydrogen) atoms. The van der Waals surface area contributed by atoms with E-state index >= 15 is 0 Å². The lowest BCUT2D eigenvalue weighted by Gasteiger charge is -2.10. The molecular weight excluding hydrogens is 279 g/mol. The van der Waals surface area contributed by atoms with E-state index in [2.05, 4.69) is 0 Å². The molecule has 0 bridgehead atoms. The molecule has 0 atom stereocenters. The third-order valence-corrected chi connectivity index (χ3v) is 2.78. The molecule has 0 aliphatic carbocycles. The number of carbonyl (C=O) groups excluding carboxylic acids is 2. The van der Waals surface area contributed by atoms with Gasteiger partial charge < -0.3 is 9.47 Å². The van der Waals surface area contributed by atoms with Gasteiger partial charge >= 0.3 is 11.9 Å². The molecule has 98 valence electrons. The fraction of sp³-hybridized carbons (Fsp3) is 0.333. The summed E-state index contributed by atoms with van der Waals surface area (Å²) in [6.45, 7) is 2.73. The summed E-state index contributed by atoms with van der Waals surface area (Å²) in [5, 5.41) is 0.811. The summed E-state index contributed by atoms with van der Waals surface area (Å²) in [6, 6.07) is 3.18. The standard InChI is InChI=1S/C12H12Cl2O4/c1-7(15)17-5-9-3-12(14)10(4-11(9)13)6-18-8(2)16/h3-4H,5-6H2,1-2H3. The molecule has 0 unspecified atom stereocenters. The molecule has 0 aliphatic heterocycles. The minimum Gasteiger partial charge on any atom is -0.461 e. The van der Waals surface area contributed by atoms with Crippen LogP contribution in [0.2, 0.25) is 10.0 Å². The van der Waals surface area contributed by atoms with E-state index < -0.39 is 11.9 Å². The second kappa shape index (κ2) is 6.61. The van der Waals surface area contributed by atoms with Crippen LogP contribution in [0.5, 0.6) is 0 Å². The largest absolute Gasteiger partial charge is 0.461 e. The van der Waals surface area contributed by atoms with Gasteiger partial charge in [0.1, 0.15) is 13.2 Å². The van der Waals surface area contributed by atoms with Gasteiger partial charge in [-0.1, -0.05) is 23.2 Å². The number of esters is 2. The number of benzene rings is 1. The van der Waals surface area contributed by atoms with Crippen LogP contribution < -0.4 is 0 Å². The van der Waals surface area contributed by atoms with Crippen molar-refractivity contribution in [2.24, 2.45) is 0 Å². The Labute approximate surface area is 115 Å². The third-order valence-electron chi connectivity index (χ3n) is 2.08. The Hall–Kier alpha value is -1.26. The number of ether oxygens (including phenoxy) is 2. The molecule has 1 aromatic carbocycles. The summed E-state index contributed by atoms with van der Waals surface area (Å²) in [4.78, 5) is 21.4. The molecule has 0 saturated heterocycles. The van der Waals surface area contributed by atoms with Crippen molar-refractivity contribution in [3.63, 3.8) is 0 Å². The van der Waals surface area contributed by atoms with Crippen LogP contribution in [0, 0.1) is 0 Å². The van der Waals surface area contributed by atoms with E-state index in [1.165, 1.54) is 13.8 Å². The van der Waals surface area contributed by atoms with Crippen molar-refractivity contribution < 1.29 is 19.1 Å². The Bertz CT molecular complexity index is 428. The zero-order valence-corrected chi connectivity index (χ0v) is 11.5. The second-order valence-corrected chi connectivity index (χ2v) is 4.41. The lowest BCUT2D eigenvalue weighted by atomic mass is 10.1. The van der Waals surface area contributed by atoms with Crippen LogP contribution in [0.1, 0.15) is 25.0 Å². The monoisotopic (exact) mass is 290 g/mol. The maximum Gasteiger partial charge on any atom is 0.302 e. The van der Waals surface area contributed by atoms with Crippen LogP contribution in [0.15, 0.2) is 12.1 Å². The Morgan fingerprint density at radius 3 is 1.56 bits per heavy atom. The van der Waals surface area contributed by atoms with E-state index in [0.29, 0.717) is 21.2 Å². The number of carbonyl (C=O) groups is 2. The fourth-order valence-electron chi connectivity index (χ4n) is 1.21. The van der Waals surface area contributed by atoms with Crippen molar-refractivity contribution in [1.29, 1.82) is 0 Å². The number of halogens is 2. The molecule has 6 heteroatoms. The van der Waals surface area contributed by atoms with E-state index in [9.17, 15) is 9.59 Å². The summed E-state index contributed by atoms with van der Waals surface area (Å²) in [5.41, 5.74) is 1.20. The van der Waals surface area contributed by atoms with Gasteiger partial charge in [-0.15, -0.1) is 0 Å². The Morgan fingerprint density at radius 1 is 0.944 bits per heavy atom. The lowest BCUT2D eigenvalue weighted by molar-refractivity contribution is -0.143. The summed E-state index contributed by atoms with van der Waals surface area (Å²) in [5.74, 6) is -0.794. The molecule has 0 fully saturated rings. The van der Waals surface area contributed by atoms with Crippen molar-refractivity contribution in [2.45, 2.75) is 27.1 Å². The molecule has 0 N–H and O–H groups in total. The Kier molecular flexibility index (Phi) is 5.44. The van der Waals surface area contributed by atoms with Gasteiger partial charge in [-0.3, -0.25) is 9.59 Å². The molecule has 1 rings (SSSR count). The molecule has 1 aromatic rings. The zero-order valence-electron chi connectivity index (χ0n) is 9.96. The van der Waals surface area contributed by atoms with Crippen molar-refractivity contribution >= 4 is 35.1 Å². The van der Waals surface area contributed by atoms with Crippen molar-refractivity contribution in [3.8, 4) is 0 Å². The quantitative estimate of drug-likeness (QED) is 0.800. The summed E-state index contributed by atoms with van der Waals surface area (Å²) >= 11 is 12.0. The molecular formula is C12H12Cl2O4. The first kappa shape index (κ1) is 14.8. The topological polar surface area (TPSA) is 52.6 Å². The average Bonchev–Trinajstić information content (AvgIpc) is 2.27. The highest BCUT2D eigenvalue weighted by atomic mass is 35.5. The maximum atomic E-state index is 10.7. The van der Waals surface area contributed by atoms with Gasteiger partial charge in [0, 0.05) is 35.0 Å². The SMILES string of the molecule is CC(=O)OCc1cc(Cl)c(COC(C)=O)cc1Cl. The second-order valence-electron chi connectivity index (χ2n) is 3.60. The van der Waals surface area contributed by atoms with E-state index in [0.717, 1.165) is 0 Å². The summed E-state index contributed by atoms with van der Waals surface area (Å²) in [7, 11) is 0. The predicted molar refractivity (Wildman–Crippen MR) is 67.4 cm³/mol. The summed E-state index contributed by atoms with van der Waals surface area (Å²) in [6.07, 6.45) is 0. The molecule has 0 spiro atoms. The molecule has 0 saturated carbocycles. The number of hydrogen-bond acceptors (Lipinski definition) is 4. The van der Waals surface area contributed by atoms with Gasteiger partial charge in [0.05, 0.1) is 0 Å². The van der Waals surface area contributed by atoms with Crippen LogP contribution in [-0.2, 0) is 32.3 Å². The highest BCUT2D eigenvalue weighted by Gasteiger charge is 2.09. The Morgan fingerprint density at radius 2 is 1.28 bits per heavy atom. The maximum absolute atomic E-state index is 10.7. The van der Waals surface area contributed by atoms with Crippen LogP contribution in [0.25, 0.3) is 0 Å². The minimum atomic E-state index is -0.397. The Balaban J connectivity index is 2.82. The third kappa shape index (κ3) is 4.55. The van der Waals surface area contributed by atoms with E-state index in [1.807, 2.05) is 0 Å². The van der Waals surface area contributed by atoms with Crippen LogP contribution in [-0.4, -0.2) is 11.9 Å². The normalized spacial score (nSPS) is 10.0. The van der Waals surface area contributed by atoms with Gasteiger partial charge in [-0.05, 0) is 12.1 Å². The predicted octanol–water partition coefficient (Wildman–Crippen LogP) is 3.12. The smallest absolute Gasteiger partial charge is 0.302 e. The molecule has 0 aromatic heterocycles. The van der Waals surface area contributed by atoms with Crippen molar-refractivity contribution in [2.75, 3.05) is 0 Å². The van der Waals surface area contributed by atoms with E-state index in [-0.39, 0.29) is 13.2 Å². The fourth-order valence-corrected chi connectivity index (χ4v) is 1.69. The number of rotatable bonds is 4. The average molecular weight is 291 g/mol.